The number of hydrogen-bond acceptors (Lipinski definition) is 13. The summed E-state index contributed by atoms with van der Waals surface area (Å²) in [6.07, 6.45) is 1.71. The van der Waals surface area contributed by atoms with Crippen molar-refractivity contribution >= 4 is 49.9 Å². The number of benzene rings is 5. The maximum atomic E-state index is 13.1. The van der Waals surface area contributed by atoms with Gasteiger partial charge in [0.2, 0.25) is 17.7 Å². The molecular formula is C50H55N5O11S. The Labute approximate surface area is 389 Å². The summed E-state index contributed by atoms with van der Waals surface area (Å²) in [6, 6.07) is 27.9. The Morgan fingerprint density at radius 1 is 0.806 bits per heavy atom. The molecule has 2 N–H and O–H groups in total. The number of amides is 4. The predicted molar refractivity (Wildman–Crippen MR) is 251 cm³/mol. The summed E-state index contributed by atoms with van der Waals surface area (Å²) in [5.74, 6) is 0.965. The molecule has 4 amide bonds. The Morgan fingerprint density at radius 3 is 2.25 bits per heavy atom. The molecule has 5 aromatic rings. The third-order valence-electron chi connectivity index (χ3n) is 12.4. The first kappa shape index (κ1) is 47.0. The van der Waals surface area contributed by atoms with Crippen molar-refractivity contribution in [3.63, 3.8) is 0 Å². The Bertz CT molecular complexity index is 2720. The van der Waals surface area contributed by atoms with Gasteiger partial charge < -0.3 is 38.8 Å². The van der Waals surface area contributed by atoms with Gasteiger partial charge in [-0.25, -0.2) is 8.42 Å². The zero-order valence-corrected chi connectivity index (χ0v) is 38.5. The summed E-state index contributed by atoms with van der Waals surface area (Å²) in [7, 11) is -3.35. The van der Waals surface area contributed by atoms with E-state index in [0.29, 0.717) is 101 Å². The number of sulfone groups is 1. The Kier molecular flexibility index (Phi) is 14.7. The van der Waals surface area contributed by atoms with Gasteiger partial charge in [-0.1, -0.05) is 25.1 Å². The van der Waals surface area contributed by atoms with Crippen LogP contribution in [0.1, 0.15) is 35.7 Å². The molecule has 0 aromatic heterocycles. The van der Waals surface area contributed by atoms with Gasteiger partial charge in [0.15, 0.2) is 9.84 Å². The van der Waals surface area contributed by atoms with Crippen LogP contribution in [0.25, 0.3) is 21.9 Å². The first-order valence-corrected chi connectivity index (χ1v) is 24.4. The van der Waals surface area contributed by atoms with Gasteiger partial charge in [0.05, 0.1) is 24.7 Å². The van der Waals surface area contributed by atoms with E-state index in [1.54, 1.807) is 58.3 Å². The van der Waals surface area contributed by atoms with Crippen LogP contribution in [0.4, 0.5) is 5.69 Å². The van der Waals surface area contributed by atoms with Crippen LogP contribution in [0.3, 0.4) is 0 Å². The molecule has 2 saturated heterocycles. The van der Waals surface area contributed by atoms with E-state index in [4.69, 9.17) is 18.9 Å². The van der Waals surface area contributed by atoms with Gasteiger partial charge in [0.1, 0.15) is 42.3 Å². The smallest absolute Gasteiger partial charge is 0.255 e. The van der Waals surface area contributed by atoms with E-state index in [-0.39, 0.29) is 41.4 Å². The number of piperidine rings is 1. The molecule has 0 spiro atoms. The van der Waals surface area contributed by atoms with Crippen molar-refractivity contribution in [2.75, 3.05) is 90.0 Å². The van der Waals surface area contributed by atoms with Crippen LogP contribution in [0.15, 0.2) is 102 Å². The van der Waals surface area contributed by atoms with Crippen molar-refractivity contribution in [3.8, 4) is 34.1 Å². The van der Waals surface area contributed by atoms with Crippen molar-refractivity contribution in [2.24, 2.45) is 0 Å². The number of piperazine rings is 1. The second kappa shape index (κ2) is 21.0. The second-order valence-corrected chi connectivity index (χ2v) is 18.8. The monoisotopic (exact) mass is 933 g/mol. The highest BCUT2D eigenvalue weighted by atomic mass is 32.2. The van der Waals surface area contributed by atoms with E-state index in [0.717, 1.165) is 39.7 Å². The van der Waals surface area contributed by atoms with Gasteiger partial charge in [-0.3, -0.25) is 29.4 Å². The molecule has 2 fully saturated rings. The van der Waals surface area contributed by atoms with Gasteiger partial charge in [-0.05, 0) is 108 Å². The number of fused-ring (bicyclic) bond motifs is 2. The van der Waals surface area contributed by atoms with Gasteiger partial charge >= 0.3 is 0 Å². The lowest BCUT2D eigenvalue weighted by molar-refractivity contribution is -0.138. The van der Waals surface area contributed by atoms with Crippen LogP contribution >= 0.6 is 0 Å². The number of imide groups is 1. The number of nitrogens with one attached hydrogen (secondary N) is 1. The molecule has 0 saturated carbocycles. The van der Waals surface area contributed by atoms with Gasteiger partial charge in [0, 0.05) is 80.7 Å². The van der Waals surface area contributed by atoms with Crippen molar-refractivity contribution in [3.05, 3.63) is 108 Å². The standard InChI is InChI=1S/C50H55N5O11S/c1-3-52(25-27-65-39-9-11-40(12-10-39)66-48-42(15-6-35-31-38(56)8-17-43(35)48)34-4-13-41(14-5-34)67(2,61)62)24-26-63-28-29-64-33-47(58)54-22-20-53(21-23-54)37-7-16-44-36(30-37)32-55(50(44)60)45-18-19-46(57)51-49(45)59/h4-17,30-31,45,56H,3,18-29,32-33H2,1-2H3,(H,51,57,59). The molecule has 5 aromatic carbocycles. The molecule has 67 heavy (non-hydrogen) atoms. The van der Waals surface area contributed by atoms with E-state index in [9.17, 15) is 32.7 Å². The average molecular weight is 934 g/mol. The van der Waals surface area contributed by atoms with Crippen LogP contribution in [-0.2, 0) is 40.2 Å². The highest BCUT2D eigenvalue weighted by Gasteiger charge is 2.39. The van der Waals surface area contributed by atoms with Crippen molar-refractivity contribution in [1.29, 1.82) is 0 Å². The third kappa shape index (κ3) is 11.4. The normalized spacial score (nSPS) is 16.4. The molecule has 3 aliphatic heterocycles. The fraction of sp³-hybridized carbons (Fsp3) is 0.360. The van der Waals surface area contributed by atoms with E-state index in [1.165, 1.54) is 6.26 Å². The van der Waals surface area contributed by atoms with Crippen LogP contribution in [0, 0.1) is 0 Å². The molecule has 0 aliphatic carbocycles. The quantitative estimate of drug-likeness (QED) is 0.0810. The van der Waals surface area contributed by atoms with Crippen LogP contribution < -0.4 is 19.7 Å². The van der Waals surface area contributed by atoms with E-state index >= 15 is 0 Å². The average Bonchev–Trinajstić information content (AvgIpc) is 3.65. The summed E-state index contributed by atoms with van der Waals surface area (Å²) in [5.41, 5.74) is 3.94. The number of carbonyl (C=O) groups is 4. The third-order valence-corrected chi connectivity index (χ3v) is 13.5. The minimum atomic E-state index is -3.35. The molecule has 3 heterocycles. The lowest BCUT2D eigenvalue weighted by atomic mass is 9.99. The highest BCUT2D eigenvalue weighted by molar-refractivity contribution is 7.90. The molecule has 0 bridgehead atoms. The molecule has 0 radical (unpaired) electrons. The highest BCUT2D eigenvalue weighted by Crippen LogP contribution is 2.41. The number of nitrogens with zero attached hydrogens (tertiary/aromatic N) is 4. The summed E-state index contributed by atoms with van der Waals surface area (Å²) < 4.78 is 48.1. The maximum absolute atomic E-state index is 13.1. The number of carbonyl (C=O) groups excluding carboxylic acids is 4. The molecule has 17 heteroatoms. The number of aromatic hydroxyl groups is 1. The topological polar surface area (TPSA) is 185 Å². The van der Waals surface area contributed by atoms with Gasteiger partial charge in [-0.2, -0.15) is 0 Å². The molecule has 1 atom stereocenters. The molecular weight excluding hydrogens is 879 g/mol. The number of phenols is 1. The zero-order chi connectivity index (χ0) is 47.1. The van der Waals surface area contributed by atoms with Crippen LogP contribution in [-0.4, -0.2) is 143 Å². The second-order valence-electron chi connectivity index (χ2n) is 16.8. The number of hydrogen-bond donors (Lipinski definition) is 2. The molecule has 8 rings (SSSR count). The van der Waals surface area contributed by atoms with Crippen LogP contribution in [0.5, 0.6) is 23.0 Å². The largest absolute Gasteiger partial charge is 0.508 e. The molecule has 352 valence electrons. The van der Waals surface area contributed by atoms with Gasteiger partial charge in [0.25, 0.3) is 5.91 Å². The van der Waals surface area contributed by atoms with Crippen molar-refractivity contribution in [1.82, 2.24) is 20.0 Å². The Balaban J connectivity index is 0.718. The van der Waals surface area contributed by atoms with E-state index < -0.39 is 21.8 Å². The minimum absolute atomic E-state index is 0.0228. The zero-order valence-electron chi connectivity index (χ0n) is 37.6. The van der Waals surface area contributed by atoms with Gasteiger partial charge in [-0.15, -0.1) is 0 Å². The number of ether oxygens (including phenoxy) is 4. The number of likely N-dealkylation sites (N-methyl/N-ethyl adjacent to an activating group) is 1. The summed E-state index contributed by atoms with van der Waals surface area (Å²) in [5, 5.41) is 14.0. The number of phenolic OH excluding ortho intramolecular Hbond substituents is 1. The number of anilines is 1. The van der Waals surface area contributed by atoms with E-state index in [1.807, 2.05) is 48.5 Å². The van der Waals surface area contributed by atoms with Crippen molar-refractivity contribution < 1.29 is 51.6 Å². The molecule has 16 nitrogen and oxygen atoms in total. The Hall–Kier alpha value is -6.53. The summed E-state index contributed by atoms with van der Waals surface area (Å²) in [6.45, 7) is 8.57. The first-order chi connectivity index (χ1) is 32.3. The molecule has 3 aliphatic rings. The summed E-state index contributed by atoms with van der Waals surface area (Å²) >= 11 is 0. The number of rotatable bonds is 19. The Morgan fingerprint density at radius 2 is 1.52 bits per heavy atom. The van der Waals surface area contributed by atoms with Crippen LogP contribution in [0.2, 0.25) is 0 Å². The predicted octanol–water partition coefficient (Wildman–Crippen LogP) is 5.25. The lowest BCUT2D eigenvalue weighted by Crippen LogP contribution is -2.52. The van der Waals surface area contributed by atoms with E-state index in [2.05, 4.69) is 22.0 Å². The maximum Gasteiger partial charge on any atom is 0.255 e. The minimum Gasteiger partial charge on any atom is -0.508 e. The summed E-state index contributed by atoms with van der Waals surface area (Å²) in [4.78, 5) is 58.0. The molecule has 1 unspecified atom stereocenters. The lowest BCUT2D eigenvalue weighted by Gasteiger charge is -2.36. The fourth-order valence-electron chi connectivity index (χ4n) is 8.59. The van der Waals surface area contributed by atoms with Crippen molar-refractivity contribution in [2.45, 2.75) is 37.2 Å². The fourth-order valence-corrected chi connectivity index (χ4v) is 9.22. The SMILES string of the molecule is CCN(CCOCCOCC(=O)N1CCN(c2ccc3c(c2)CN(C2CCC(=O)NC2=O)C3=O)CC1)CCOc1ccc(Oc2c(-c3ccc(S(C)(=O)=O)cc3)ccc3cc(O)ccc23)cc1. The first-order valence-electron chi connectivity index (χ1n) is 22.5.